The van der Waals surface area contributed by atoms with E-state index in [1.54, 1.807) is 0 Å². The number of nitrogens with one attached hydrogen (secondary N) is 1. The third-order valence-corrected chi connectivity index (χ3v) is 11.7. The van der Waals surface area contributed by atoms with Crippen LogP contribution in [0.4, 0.5) is 0 Å². The number of aryl methyl sites for hydroxylation is 2. The number of nitrogens with zero attached hydrogens (tertiary/aromatic N) is 3. The van der Waals surface area contributed by atoms with E-state index in [2.05, 4.69) is 171 Å². The van der Waals surface area contributed by atoms with Crippen LogP contribution in [0.3, 0.4) is 0 Å². The molecule has 2 atom stereocenters. The van der Waals surface area contributed by atoms with Gasteiger partial charge < -0.3 is 5.32 Å². The van der Waals surface area contributed by atoms with Crippen LogP contribution < -0.4 is 5.32 Å². The van der Waals surface area contributed by atoms with Crippen molar-refractivity contribution in [3.63, 3.8) is 0 Å². The molecule has 264 valence electrons. The average Bonchev–Trinajstić information content (AvgIpc) is 3.25. The van der Waals surface area contributed by atoms with Crippen LogP contribution >= 0.6 is 0 Å². The summed E-state index contributed by atoms with van der Waals surface area (Å²) in [5.74, 6) is 0.107. The van der Waals surface area contributed by atoms with E-state index in [1.807, 2.05) is 24.7 Å². The Bertz CT molecular complexity index is 2830. The highest BCUT2D eigenvalue weighted by atomic mass is 14.9. The highest BCUT2D eigenvalue weighted by Gasteiger charge is 2.41. The Morgan fingerprint density at radius 3 is 2.16 bits per heavy atom. The predicted molar refractivity (Wildman–Crippen MR) is 229 cm³/mol. The molecule has 0 bridgehead atoms. The lowest BCUT2D eigenvalue weighted by molar-refractivity contribution is 0.513. The van der Waals surface area contributed by atoms with Gasteiger partial charge in [-0.25, -0.2) is 4.98 Å². The van der Waals surface area contributed by atoms with Gasteiger partial charge in [-0.1, -0.05) is 109 Å². The summed E-state index contributed by atoms with van der Waals surface area (Å²) in [5, 5.41) is 6.99. The molecule has 4 heteroatoms. The van der Waals surface area contributed by atoms with Crippen molar-refractivity contribution >= 4 is 33.0 Å². The molecule has 2 aliphatic heterocycles. The fourth-order valence-corrected chi connectivity index (χ4v) is 9.01. The lowest BCUT2D eigenvalue weighted by atomic mass is 9.69. The Hall–Kier alpha value is -6.65. The van der Waals surface area contributed by atoms with Gasteiger partial charge in [0.05, 0.1) is 22.5 Å². The van der Waals surface area contributed by atoms with Gasteiger partial charge in [-0.3, -0.25) is 9.98 Å². The molecule has 0 saturated carbocycles. The van der Waals surface area contributed by atoms with Crippen LogP contribution in [-0.4, -0.2) is 27.8 Å². The number of aliphatic imine (C=N–C) groups is 1. The maximum atomic E-state index is 5.60. The fraction of sp³-hybridized carbons (Fsp3) is 0.118. The number of dihydropyridines is 1. The summed E-state index contributed by atoms with van der Waals surface area (Å²) in [4.78, 5) is 15.6. The zero-order chi connectivity index (χ0) is 37.1. The first kappa shape index (κ1) is 33.0. The van der Waals surface area contributed by atoms with Gasteiger partial charge in [0.1, 0.15) is 0 Å². The van der Waals surface area contributed by atoms with Crippen molar-refractivity contribution in [2.45, 2.75) is 32.2 Å². The summed E-state index contributed by atoms with van der Waals surface area (Å²) in [5.41, 5.74) is 16.9. The van der Waals surface area contributed by atoms with E-state index >= 15 is 0 Å². The van der Waals surface area contributed by atoms with E-state index in [-0.39, 0.29) is 5.92 Å². The first-order valence-corrected chi connectivity index (χ1v) is 19.1. The summed E-state index contributed by atoms with van der Waals surface area (Å²) >= 11 is 0. The standard InChI is InChI=1S/C51H40N4/c1-32-45-42-22-21-36(39-26-40(37-18-12-24-52-30-37)28-41(27-39)38-19-13-25-53-31-38)29-44(42)54-49(34-14-6-4-7-15-34)47(45)33(2)46-43-20-10-11-23-51(43,3)55-50(48(32)46)35-16-8-5-9-17-35/h4-30,43,53H,31H2,1-3H3. The van der Waals surface area contributed by atoms with Crippen LogP contribution in [0.2, 0.25) is 0 Å². The predicted octanol–water partition coefficient (Wildman–Crippen LogP) is 11.7. The Balaban J connectivity index is 1.26. The molecule has 1 N–H and O–H groups in total. The number of benzene rings is 5. The van der Waals surface area contributed by atoms with Crippen molar-refractivity contribution in [2.24, 2.45) is 4.99 Å². The van der Waals surface area contributed by atoms with Crippen LogP contribution in [0, 0.1) is 13.8 Å². The molecule has 2 unspecified atom stereocenters. The van der Waals surface area contributed by atoms with Crippen LogP contribution in [0.5, 0.6) is 0 Å². The van der Waals surface area contributed by atoms with E-state index in [1.165, 1.54) is 44.2 Å². The largest absolute Gasteiger partial charge is 0.387 e. The zero-order valence-corrected chi connectivity index (χ0v) is 31.2. The van der Waals surface area contributed by atoms with Crippen LogP contribution in [0.1, 0.15) is 46.2 Å². The van der Waals surface area contributed by atoms with Gasteiger partial charge in [-0.15, -0.1) is 0 Å². The van der Waals surface area contributed by atoms with Crippen molar-refractivity contribution in [3.05, 3.63) is 198 Å². The van der Waals surface area contributed by atoms with Gasteiger partial charge in [0, 0.05) is 57.9 Å². The second-order valence-electron chi connectivity index (χ2n) is 15.1. The Kier molecular flexibility index (Phi) is 7.81. The first-order chi connectivity index (χ1) is 27.0. The van der Waals surface area contributed by atoms with Gasteiger partial charge >= 0.3 is 0 Å². The van der Waals surface area contributed by atoms with Crippen LogP contribution in [-0.2, 0) is 0 Å². The lowest BCUT2D eigenvalue weighted by Crippen LogP contribution is -2.37. The third kappa shape index (κ3) is 5.48. The lowest BCUT2D eigenvalue weighted by Gasteiger charge is -2.40. The zero-order valence-electron chi connectivity index (χ0n) is 31.2. The number of hydrogen-bond acceptors (Lipinski definition) is 4. The van der Waals surface area contributed by atoms with Crippen molar-refractivity contribution < 1.29 is 0 Å². The molecular weight excluding hydrogens is 669 g/mol. The molecule has 4 nitrogen and oxygen atoms in total. The second-order valence-corrected chi connectivity index (χ2v) is 15.1. The molecule has 0 radical (unpaired) electrons. The van der Waals surface area contributed by atoms with Crippen molar-refractivity contribution in [2.75, 3.05) is 6.54 Å². The van der Waals surface area contributed by atoms with Crippen molar-refractivity contribution in [3.8, 4) is 33.5 Å². The number of hydrogen-bond donors (Lipinski definition) is 1. The number of allylic oxidation sites excluding steroid dienone is 4. The molecule has 4 heterocycles. The summed E-state index contributed by atoms with van der Waals surface area (Å²) in [6.07, 6.45) is 19.0. The van der Waals surface area contributed by atoms with Crippen LogP contribution in [0.25, 0.3) is 60.8 Å². The highest BCUT2D eigenvalue weighted by Crippen LogP contribution is 2.50. The maximum absolute atomic E-state index is 5.60. The maximum Gasteiger partial charge on any atom is 0.0873 e. The molecule has 10 rings (SSSR count). The molecule has 5 aromatic carbocycles. The first-order valence-electron chi connectivity index (χ1n) is 19.1. The minimum atomic E-state index is -0.396. The smallest absolute Gasteiger partial charge is 0.0873 e. The molecule has 3 aliphatic rings. The quantitative estimate of drug-likeness (QED) is 0.181. The van der Waals surface area contributed by atoms with E-state index < -0.39 is 5.54 Å². The van der Waals surface area contributed by atoms with Crippen LogP contribution in [0.15, 0.2) is 169 Å². The topological polar surface area (TPSA) is 50.2 Å². The van der Waals surface area contributed by atoms with Gasteiger partial charge in [-0.05, 0) is 113 Å². The Morgan fingerprint density at radius 1 is 0.673 bits per heavy atom. The molecule has 0 amide bonds. The molecule has 0 fully saturated rings. The molecule has 7 aromatic rings. The second kappa shape index (κ2) is 13.0. The van der Waals surface area contributed by atoms with Crippen molar-refractivity contribution in [1.29, 1.82) is 0 Å². The molecular formula is C51H40N4. The van der Waals surface area contributed by atoms with Gasteiger partial charge in [0.25, 0.3) is 0 Å². The van der Waals surface area contributed by atoms with Gasteiger partial charge in [0.2, 0.25) is 0 Å². The van der Waals surface area contributed by atoms with Gasteiger partial charge in [-0.2, -0.15) is 0 Å². The molecule has 1 aliphatic carbocycles. The SMILES string of the molecule is Cc1c2c(c(C)c3c1c(-c1ccccc1)nc1cc(-c4cc(C5=CC=CNC5)cc(-c5cccnc5)c4)ccc13)C(c1ccccc1)=NC1(C)C=CC=CC21. The number of aromatic nitrogens is 2. The molecule has 55 heavy (non-hydrogen) atoms. The minimum Gasteiger partial charge on any atom is -0.387 e. The Labute approximate surface area is 322 Å². The average molecular weight is 709 g/mol. The normalized spacial score (nSPS) is 18.4. The Morgan fingerprint density at radius 2 is 1.42 bits per heavy atom. The van der Waals surface area contributed by atoms with E-state index in [9.17, 15) is 0 Å². The van der Waals surface area contributed by atoms with E-state index in [4.69, 9.17) is 9.98 Å². The fourth-order valence-electron chi connectivity index (χ4n) is 9.01. The molecule has 2 aromatic heterocycles. The monoisotopic (exact) mass is 708 g/mol. The third-order valence-electron chi connectivity index (χ3n) is 11.7. The summed E-state index contributed by atoms with van der Waals surface area (Å²) in [6.45, 7) is 7.66. The number of fused-ring (bicyclic) bond motifs is 6. The van der Waals surface area contributed by atoms with Gasteiger partial charge in [0.15, 0.2) is 0 Å². The number of rotatable bonds is 5. The van der Waals surface area contributed by atoms with E-state index in [0.29, 0.717) is 0 Å². The van der Waals surface area contributed by atoms with E-state index in [0.717, 1.165) is 62.2 Å². The number of pyridine rings is 2. The van der Waals surface area contributed by atoms with Crippen molar-refractivity contribution in [1.82, 2.24) is 15.3 Å². The molecule has 0 saturated heterocycles. The molecule has 0 spiro atoms. The minimum absolute atomic E-state index is 0.107. The summed E-state index contributed by atoms with van der Waals surface area (Å²) in [7, 11) is 0. The highest BCUT2D eigenvalue weighted by molar-refractivity contribution is 6.22. The summed E-state index contributed by atoms with van der Waals surface area (Å²) in [6, 6.07) is 39.3. The summed E-state index contributed by atoms with van der Waals surface area (Å²) < 4.78 is 0.